The van der Waals surface area contributed by atoms with Crippen molar-refractivity contribution < 1.29 is 5.11 Å². The first-order valence-electron chi connectivity index (χ1n) is 7.15. The van der Waals surface area contributed by atoms with E-state index in [1.165, 1.54) is 32.1 Å². The van der Waals surface area contributed by atoms with Gasteiger partial charge in [0.15, 0.2) is 0 Å². The minimum atomic E-state index is 0.280. The summed E-state index contributed by atoms with van der Waals surface area (Å²) in [5, 5.41) is 9.17. The van der Waals surface area contributed by atoms with Crippen molar-refractivity contribution in [2.45, 2.75) is 58.0 Å². The van der Waals surface area contributed by atoms with Crippen molar-refractivity contribution in [2.24, 2.45) is 17.1 Å². The average molecular weight is 240 g/mol. The summed E-state index contributed by atoms with van der Waals surface area (Å²) in [6.07, 6.45) is 6.48. The standard InChI is InChI=1S/C14H28N2O/c1-14(2)7-6-11(13(14)15)10-16(8-9-17)12-4-3-5-12/h11-13,17H,3-10,15H2,1-2H3. The lowest BCUT2D eigenvalue weighted by molar-refractivity contribution is 0.0802. The van der Waals surface area contributed by atoms with Gasteiger partial charge in [0.1, 0.15) is 0 Å². The van der Waals surface area contributed by atoms with Crippen LogP contribution >= 0.6 is 0 Å². The summed E-state index contributed by atoms with van der Waals surface area (Å²) in [5.74, 6) is 0.622. The van der Waals surface area contributed by atoms with E-state index in [-0.39, 0.29) is 6.61 Å². The third-order valence-corrected chi connectivity index (χ3v) is 5.02. The van der Waals surface area contributed by atoms with E-state index in [9.17, 15) is 5.11 Å². The number of hydrogen-bond acceptors (Lipinski definition) is 3. The molecule has 0 heterocycles. The van der Waals surface area contributed by atoms with Crippen LogP contribution in [0.1, 0.15) is 46.0 Å². The lowest BCUT2D eigenvalue weighted by atomic mass is 9.84. The third-order valence-electron chi connectivity index (χ3n) is 5.02. The molecule has 2 rings (SSSR count). The van der Waals surface area contributed by atoms with E-state index in [0.717, 1.165) is 19.1 Å². The molecule has 0 bridgehead atoms. The highest BCUT2D eigenvalue weighted by atomic mass is 16.3. The van der Waals surface area contributed by atoms with Gasteiger partial charge in [0.25, 0.3) is 0 Å². The first-order valence-corrected chi connectivity index (χ1v) is 7.15. The third kappa shape index (κ3) is 2.83. The molecule has 2 atom stereocenters. The summed E-state index contributed by atoms with van der Waals surface area (Å²) < 4.78 is 0. The van der Waals surface area contributed by atoms with Crippen molar-refractivity contribution in [3.05, 3.63) is 0 Å². The second-order valence-electron chi connectivity index (χ2n) is 6.62. The number of nitrogens with two attached hydrogens (primary N) is 1. The topological polar surface area (TPSA) is 49.5 Å². The Morgan fingerprint density at radius 1 is 1.29 bits per heavy atom. The molecule has 17 heavy (non-hydrogen) atoms. The Morgan fingerprint density at radius 2 is 2.00 bits per heavy atom. The Labute approximate surface area is 105 Å². The zero-order chi connectivity index (χ0) is 12.5. The van der Waals surface area contributed by atoms with E-state index >= 15 is 0 Å². The molecular weight excluding hydrogens is 212 g/mol. The summed E-state index contributed by atoms with van der Waals surface area (Å²) in [7, 11) is 0. The second kappa shape index (κ2) is 5.25. The molecule has 2 saturated carbocycles. The van der Waals surface area contributed by atoms with E-state index in [2.05, 4.69) is 18.7 Å². The van der Waals surface area contributed by atoms with E-state index < -0.39 is 0 Å². The van der Waals surface area contributed by atoms with Crippen LogP contribution in [0, 0.1) is 11.3 Å². The minimum absolute atomic E-state index is 0.280. The summed E-state index contributed by atoms with van der Waals surface area (Å²) in [4.78, 5) is 2.48. The van der Waals surface area contributed by atoms with Crippen molar-refractivity contribution in [2.75, 3.05) is 19.7 Å². The molecule has 0 spiro atoms. The van der Waals surface area contributed by atoms with Crippen LogP contribution in [0.15, 0.2) is 0 Å². The van der Waals surface area contributed by atoms with Crippen LogP contribution in [0.4, 0.5) is 0 Å². The molecule has 2 fully saturated rings. The molecule has 0 aromatic rings. The summed E-state index contributed by atoms with van der Waals surface area (Å²) >= 11 is 0. The molecule has 3 nitrogen and oxygen atoms in total. The maximum absolute atomic E-state index is 9.17. The molecule has 2 unspecified atom stereocenters. The van der Waals surface area contributed by atoms with Gasteiger partial charge in [-0.15, -0.1) is 0 Å². The fraction of sp³-hybridized carbons (Fsp3) is 1.00. The van der Waals surface area contributed by atoms with Crippen molar-refractivity contribution in [1.29, 1.82) is 0 Å². The predicted octanol–water partition coefficient (Wildman–Crippen LogP) is 1.60. The normalized spacial score (nSPS) is 33.0. The van der Waals surface area contributed by atoms with Gasteiger partial charge in [-0.25, -0.2) is 0 Å². The first-order chi connectivity index (χ1) is 8.04. The Kier molecular flexibility index (Phi) is 4.11. The van der Waals surface area contributed by atoms with Gasteiger partial charge < -0.3 is 10.8 Å². The van der Waals surface area contributed by atoms with Gasteiger partial charge in [0.2, 0.25) is 0 Å². The van der Waals surface area contributed by atoms with Gasteiger partial charge in [-0.1, -0.05) is 20.3 Å². The Bertz CT molecular complexity index is 251. The van der Waals surface area contributed by atoms with Gasteiger partial charge >= 0.3 is 0 Å². The van der Waals surface area contributed by atoms with Crippen molar-refractivity contribution >= 4 is 0 Å². The van der Waals surface area contributed by atoms with Crippen LogP contribution in [0.3, 0.4) is 0 Å². The lowest BCUT2D eigenvalue weighted by Gasteiger charge is -2.40. The summed E-state index contributed by atoms with van der Waals surface area (Å²) in [6.45, 7) is 6.78. The highest BCUT2D eigenvalue weighted by molar-refractivity contribution is 4.96. The van der Waals surface area contributed by atoms with Crippen molar-refractivity contribution in [3.63, 3.8) is 0 Å². The largest absolute Gasteiger partial charge is 0.395 e. The predicted molar refractivity (Wildman–Crippen MR) is 70.8 cm³/mol. The number of rotatable bonds is 5. The molecular formula is C14H28N2O. The molecule has 100 valence electrons. The highest BCUT2D eigenvalue weighted by Crippen LogP contribution is 2.41. The molecule has 0 saturated heterocycles. The van der Waals surface area contributed by atoms with Crippen LogP contribution in [-0.2, 0) is 0 Å². The first kappa shape index (κ1) is 13.3. The van der Waals surface area contributed by atoms with Gasteiger partial charge in [-0.2, -0.15) is 0 Å². The number of hydrogen-bond donors (Lipinski definition) is 2. The Morgan fingerprint density at radius 3 is 2.41 bits per heavy atom. The molecule has 0 amide bonds. The van der Waals surface area contributed by atoms with Gasteiger partial charge in [0.05, 0.1) is 6.61 Å². The molecule has 3 N–H and O–H groups in total. The van der Waals surface area contributed by atoms with E-state index in [0.29, 0.717) is 17.4 Å². The number of nitrogens with zero attached hydrogens (tertiary/aromatic N) is 1. The number of aliphatic hydroxyl groups is 1. The van der Waals surface area contributed by atoms with E-state index in [4.69, 9.17) is 5.73 Å². The van der Waals surface area contributed by atoms with Gasteiger partial charge in [-0.05, 0) is 37.0 Å². The fourth-order valence-corrected chi connectivity index (χ4v) is 3.35. The smallest absolute Gasteiger partial charge is 0.0558 e. The Hall–Kier alpha value is -0.120. The number of aliphatic hydroxyl groups excluding tert-OH is 1. The van der Waals surface area contributed by atoms with Crippen molar-refractivity contribution in [3.8, 4) is 0 Å². The SMILES string of the molecule is CC1(C)CCC(CN(CCO)C2CCC2)C1N. The lowest BCUT2D eigenvalue weighted by Crippen LogP contribution is -2.48. The van der Waals surface area contributed by atoms with Gasteiger partial charge in [-0.3, -0.25) is 4.90 Å². The van der Waals surface area contributed by atoms with E-state index in [1.807, 2.05) is 0 Å². The summed E-state index contributed by atoms with van der Waals surface area (Å²) in [5.41, 5.74) is 6.67. The van der Waals surface area contributed by atoms with Crippen LogP contribution < -0.4 is 5.73 Å². The maximum atomic E-state index is 9.17. The maximum Gasteiger partial charge on any atom is 0.0558 e. The molecule has 0 aromatic carbocycles. The molecule has 0 aromatic heterocycles. The molecule has 0 radical (unpaired) electrons. The quantitative estimate of drug-likeness (QED) is 0.767. The van der Waals surface area contributed by atoms with E-state index in [1.54, 1.807) is 0 Å². The highest BCUT2D eigenvalue weighted by Gasteiger charge is 2.40. The zero-order valence-corrected chi connectivity index (χ0v) is 11.4. The average Bonchev–Trinajstić information content (AvgIpc) is 2.43. The minimum Gasteiger partial charge on any atom is -0.395 e. The van der Waals surface area contributed by atoms with Crippen LogP contribution in [0.2, 0.25) is 0 Å². The monoisotopic (exact) mass is 240 g/mol. The van der Waals surface area contributed by atoms with Crippen LogP contribution in [-0.4, -0.2) is 41.8 Å². The molecule has 2 aliphatic rings. The molecule has 0 aliphatic heterocycles. The van der Waals surface area contributed by atoms with Crippen molar-refractivity contribution in [1.82, 2.24) is 4.90 Å². The zero-order valence-electron chi connectivity index (χ0n) is 11.4. The summed E-state index contributed by atoms with van der Waals surface area (Å²) in [6, 6.07) is 1.04. The van der Waals surface area contributed by atoms with Gasteiger partial charge in [0, 0.05) is 25.2 Å². The second-order valence-corrected chi connectivity index (χ2v) is 6.62. The molecule has 3 heteroatoms. The van der Waals surface area contributed by atoms with Crippen LogP contribution in [0.5, 0.6) is 0 Å². The van der Waals surface area contributed by atoms with Crippen LogP contribution in [0.25, 0.3) is 0 Å². The fourth-order valence-electron chi connectivity index (χ4n) is 3.35. The molecule has 2 aliphatic carbocycles. The Balaban J connectivity index is 1.89.